The van der Waals surface area contributed by atoms with Gasteiger partial charge in [0.05, 0.1) is 17.4 Å². The second-order valence-corrected chi connectivity index (χ2v) is 11.8. The minimum atomic E-state index is -1.24. The van der Waals surface area contributed by atoms with Crippen LogP contribution in [0.4, 0.5) is 5.69 Å². The maximum Gasteiger partial charge on any atom is 0.253 e. The highest BCUT2D eigenvalue weighted by Gasteiger charge is 2.75. The van der Waals surface area contributed by atoms with Gasteiger partial charge in [-0.2, -0.15) is 0 Å². The number of benzene rings is 1. The number of nitrogens with zero attached hydrogens (tertiary/aromatic N) is 3. The highest BCUT2D eigenvalue weighted by Crippen LogP contribution is 2.58. The number of ether oxygens (including phenoxy) is 1. The molecule has 4 aliphatic rings. The number of hydrogen-bond acceptors (Lipinski definition) is 5. The van der Waals surface area contributed by atoms with Crippen LogP contribution in [0.15, 0.2) is 42.5 Å². The Bertz CT molecular complexity index is 1230. The number of likely N-dealkylation sites (tertiary alicyclic amines) is 1. The molecule has 1 aromatic carbocycles. The summed E-state index contributed by atoms with van der Waals surface area (Å²) in [6.07, 6.45) is 11.2. The van der Waals surface area contributed by atoms with E-state index in [1.165, 1.54) is 0 Å². The van der Waals surface area contributed by atoms with Crippen LogP contribution in [0, 0.1) is 25.7 Å². The summed E-state index contributed by atoms with van der Waals surface area (Å²) in [6.45, 7) is 9.95. The molecule has 0 aliphatic carbocycles. The number of carbonyl (C=O) groups is 3. The highest BCUT2D eigenvalue weighted by atomic mass is 16.5. The smallest absolute Gasteiger partial charge is 0.253 e. The molecule has 0 aromatic heterocycles. The number of amides is 3. The third-order valence-corrected chi connectivity index (χ3v) is 9.23. The lowest BCUT2D eigenvalue weighted by Crippen LogP contribution is -2.56. The molecule has 2 fully saturated rings. The molecule has 8 heteroatoms. The molecule has 1 spiro atoms. The van der Waals surface area contributed by atoms with Crippen LogP contribution < -0.4 is 4.90 Å². The fraction of sp³-hybridized carbons (Fsp3) is 0.594. The summed E-state index contributed by atoms with van der Waals surface area (Å²) in [5.41, 5.74) is 0.654. The Kier molecular flexibility index (Phi) is 7.94. The summed E-state index contributed by atoms with van der Waals surface area (Å²) >= 11 is 0. The summed E-state index contributed by atoms with van der Waals surface area (Å²) in [5.74, 6) is -1.92. The number of anilines is 1. The number of aliphatic hydroxyl groups is 1. The normalized spacial score (nSPS) is 31.4. The molecule has 8 nitrogen and oxygen atoms in total. The summed E-state index contributed by atoms with van der Waals surface area (Å²) in [6, 6.07) is 5.18. The van der Waals surface area contributed by atoms with Gasteiger partial charge >= 0.3 is 0 Å². The maximum atomic E-state index is 14.6. The Balaban J connectivity index is 1.63. The molecule has 216 valence electrons. The third kappa shape index (κ3) is 4.40. The van der Waals surface area contributed by atoms with Crippen LogP contribution in [0.2, 0.25) is 0 Å². The summed E-state index contributed by atoms with van der Waals surface area (Å²) in [5, 5.41) is 9.31. The van der Waals surface area contributed by atoms with E-state index in [-0.39, 0.29) is 24.3 Å². The Morgan fingerprint density at radius 2 is 1.70 bits per heavy atom. The van der Waals surface area contributed by atoms with Gasteiger partial charge in [0, 0.05) is 38.5 Å². The first kappa shape index (κ1) is 28.6. The molecule has 1 aromatic rings. The second kappa shape index (κ2) is 11.1. The fourth-order valence-electron chi connectivity index (χ4n) is 7.32. The van der Waals surface area contributed by atoms with Crippen molar-refractivity contribution in [3.8, 4) is 0 Å². The van der Waals surface area contributed by atoms with Crippen molar-refractivity contribution < 1.29 is 24.2 Å². The van der Waals surface area contributed by atoms with Crippen LogP contribution in [-0.2, 0) is 19.1 Å². The Labute approximate surface area is 237 Å². The van der Waals surface area contributed by atoms with Gasteiger partial charge in [-0.3, -0.25) is 14.4 Å². The number of rotatable bonds is 9. The number of aryl methyl sites for hydroxylation is 2. The van der Waals surface area contributed by atoms with E-state index in [4.69, 9.17) is 4.74 Å². The Morgan fingerprint density at radius 3 is 2.42 bits per heavy atom. The first-order valence-corrected chi connectivity index (χ1v) is 14.9. The zero-order chi connectivity index (χ0) is 28.7. The van der Waals surface area contributed by atoms with Crippen molar-refractivity contribution in [3.05, 3.63) is 53.6 Å². The van der Waals surface area contributed by atoms with Gasteiger partial charge in [-0.15, -0.1) is 0 Å². The molecule has 0 saturated carbocycles. The number of aliphatic hydroxyl groups excluding tert-OH is 1. The van der Waals surface area contributed by atoms with E-state index in [0.29, 0.717) is 45.4 Å². The van der Waals surface area contributed by atoms with Gasteiger partial charge in [-0.25, -0.2) is 0 Å². The number of hydrogen-bond donors (Lipinski definition) is 1. The van der Waals surface area contributed by atoms with Crippen LogP contribution >= 0.6 is 0 Å². The molecule has 5 atom stereocenters. The quantitative estimate of drug-likeness (QED) is 0.376. The third-order valence-electron chi connectivity index (χ3n) is 9.23. The van der Waals surface area contributed by atoms with Gasteiger partial charge < -0.3 is 24.5 Å². The number of fused-ring (bicyclic) bond motifs is 2. The predicted molar refractivity (Wildman–Crippen MR) is 154 cm³/mol. The van der Waals surface area contributed by atoms with Gasteiger partial charge in [-0.1, -0.05) is 50.3 Å². The average molecular weight is 550 g/mol. The first-order chi connectivity index (χ1) is 19.2. The molecule has 0 bridgehead atoms. The summed E-state index contributed by atoms with van der Waals surface area (Å²) < 4.78 is 7.04. The van der Waals surface area contributed by atoms with Gasteiger partial charge in [0.2, 0.25) is 11.8 Å². The van der Waals surface area contributed by atoms with Crippen molar-refractivity contribution in [1.29, 1.82) is 0 Å². The lowest BCUT2D eigenvalue weighted by molar-refractivity contribution is -0.150. The van der Waals surface area contributed by atoms with E-state index in [1.54, 1.807) is 9.80 Å². The Morgan fingerprint density at radius 1 is 0.925 bits per heavy atom. The lowest BCUT2D eigenvalue weighted by atomic mass is 9.73. The molecule has 5 rings (SSSR count). The zero-order valence-corrected chi connectivity index (χ0v) is 24.3. The van der Waals surface area contributed by atoms with Gasteiger partial charge in [0.15, 0.2) is 0 Å². The second-order valence-electron chi connectivity index (χ2n) is 11.8. The lowest BCUT2D eigenvalue weighted by Gasteiger charge is -2.38. The van der Waals surface area contributed by atoms with Gasteiger partial charge in [0.1, 0.15) is 11.6 Å². The average Bonchev–Trinajstić information content (AvgIpc) is 3.23. The van der Waals surface area contributed by atoms with E-state index in [2.05, 4.69) is 0 Å². The van der Waals surface area contributed by atoms with E-state index in [0.717, 1.165) is 29.7 Å². The first-order valence-electron chi connectivity index (χ1n) is 14.9. The number of carbonyl (C=O) groups excluding carboxylic acids is 3. The molecule has 1 unspecified atom stereocenters. The van der Waals surface area contributed by atoms with E-state index in [9.17, 15) is 19.5 Å². The van der Waals surface area contributed by atoms with Crippen molar-refractivity contribution >= 4 is 23.4 Å². The summed E-state index contributed by atoms with van der Waals surface area (Å²) in [4.78, 5) is 48.6. The molecule has 2 saturated heterocycles. The molecule has 3 amide bonds. The number of unbranched alkanes of at least 4 members (excludes halogenated alkanes) is 2. The van der Waals surface area contributed by atoms with Crippen molar-refractivity contribution in [2.75, 3.05) is 37.7 Å². The van der Waals surface area contributed by atoms with Gasteiger partial charge in [-0.05, 0) is 63.1 Å². The van der Waals surface area contributed by atoms with E-state index in [1.807, 2.05) is 75.1 Å². The maximum absolute atomic E-state index is 14.6. The predicted octanol–water partition coefficient (Wildman–Crippen LogP) is 3.54. The largest absolute Gasteiger partial charge is 0.396 e. The fourth-order valence-corrected chi connectivity index (χ4v) is 7.32. The van der Waals surface area contributed by atoms with Gasteiger partial charge in [0.25, 0.3) is 5.91 Å². The Hall–Kier alpha value is -2.97. The molecular weight excluding hydrogens is 506 g/mol. The van der Waals surface area contributed by atoms with Crippen molar-refractivity contribution in [1.82, 2.24) is 9.80 Å². The summed E-state index contributed by atoms with van der Waals surface area (Å²) in [7, 11) is 0. The molecule has 1 N–H and O–H groups in total. The molecular formula is C32H43N3O5. The molecule has 4 heterocycles. The molecule has 40 heavy (non-hydrogen) atoms. The van der Waals surface area contributed by atoms with Crippen molar-refractivity contribution in [3.63, 3.8) is 0 Å². The zero-order valence-electron chi connectivity index (χ0n) is 24.3. The monoisotopic (exact) mass is 549 g/mol. The minimum Gasteiger partial charge on any atom is -0.396 e. The highest BCUT2D eigenvalue weighted by molar-refractivity contribution is 6.06. The van der Waals surface area contributed by atoms with E-state index >= 15 is 0 Å². The minimum absolute atomic E-state index is 0.0683. The van der Waals surface area contributed by atoms with Crippen LogP contribution in [0.3, 0.4) is 0 Å². The molecule has 0 radical (unpaired) electrons. The van der Waals surface area contributed by atoms with E-state index < -0.39 is 29.1 Å². The van der Waals surface area contributed by atoms with Crippen LogP contribution in [0.5, 0.6) is 0 Å². The topological polar surface area (TPSA) is 90.4 Å². The van der Waals surface area contributed by atoms with Crippen molar-refractivity contribution in [2.45, 2.75) is 77.0 Å². The standard InChI is InChI=1S/C32H43N3O5/c1-5-16-33-17-10-14-31(6-2)25(28(33)37)26-29(38)35(18-8-7-9-20-36)27-30(39)34(19-11-15-32(26,27)40-31)24-21-22(3)12-13-23(24)4/h10-15,21,25-27,36H,5-9,16-20H2,1-4H3/t25-,26-,27?,31+,32-/m0/s1. The van der Waals surface area contributed by atoms with Crippen LogP contribution in [-0.4, -0.2) is 82.7 Å². The van der Waals surface area contributed by atoms with Crippen molar-refractivity contribution in [2.24, 2.45) is 11.8 Å². The van der Waals surface area contributed by atoms with Crippen LogP contribution in [0.25, 0.3) is 0 Å². The van der Waals surface area contributed by atoms with Crippen LogP contribution in [0.1, 0.15) is 57.1 Å². The molecule has 4 aliphatic heterocycles. The SMILES string of the molecule is CCCN1CC=C[C@@]2(CC)O[C@]34C=CCN(c5cc(C)ccc5C)C(=O)C3N(CCCCCO)C(=O)[C@@H]4[C@H]2C1=O.